The molecule has 1 rings (SSSR count). The van der Waals surface area contributed by atoms with E-state index in [0.29, 0.717) is 0 Å². The fourth-order valence-corrected chi connectivity index (χ4v) is 1.49. The lowest BCUT2D eigenvalue weighted by atomic mass is 10.1. The quantitative estimate of drug-likeness (QED) is 0.457. The second kappa shape index (κ2) is 6.62. The zero-order chi connectivity index (χ0) is 11.1. The number of aryl methyl sites for hydroxylation is 1. The highest BCUT2D eigenvalue weighted by atomic mass is 79.9. The van der Waals surface area contributed by atoms with E-state index in [0.717, 1.165) is 35.2 Å². The first-order valence-electron chi connectivity index (χ1n) is 4.98. The van der Waals surface area contributed by atoms with Gasteiger partial charge in [-0.3, -0.25) is 4.99 Å². The summed E-state index contributed by atoms with van der Waals surface area (Å²) in [6, 6.07) is 6.10. The second-order valence-electron chi connectivity index (χ2n) is 3.31. The van der Waals surface area contributed by atoms with Gasteiger partial charge in [0.05, 0.1) is 7.11 Å². The summed E-state index contributed by atoms with van der Waals surface area (Å²) >= 11 is 3.37. The van der Waals surface area contributed by atoms with Crippen molar-refractivity contribution >= 4 is 22.1 Å². The van der Waals surface area contributed by atoms with E-state index in [9.17, 15) is 0 Å². The maximum Gasteiger partial charge on any atom is 0.122 e. The zero-order valence-electron chi connectivity index (χ0n) is 9.16. The largest absolute Gasteiger partial charge is 0.496 e. The molecule has 0 N–H and O–H groups in total. The molecule has 0 atom stereocenters. The lowest BCUT2D eigenvalue weighted by Crippen LogP contribution is -1.90. The fraction of sp³-hybridized carbons (Fsp3) is 0.417. The van der Waals surface area contributed by atoms with Crippen molar-refractivity contribution in [2.24, 2.45) is 4.99 Å². The van der Waals surface area contributed by atoms with Crippen LogP contribution in [0.5, 0.6) is 5.75 Å². The molecule has 0 heterocycles. The van der Waals surface area contributed by atoms with Gasteiger partial charge in [-0.05, 0) is 30.5 Å². The number of halogens is 1. The minimum Gasteiger partial charge on any atom is -0.496 e. The number of nitrogens with zero attached hydrogens (tertiary/aromatic N) is 1. The molecule has 0 bridgehead atoms. The van der Waals surface area contributed by atoms with Crippen LogP contribution < -0.4 is 4.74 Å². The Balaban J connectivity index is 2.65. The number of ether oxygens (including phenoxy) is 1. The SMILES string of the molecule is COc1cc(C=NCCCBr)ccc1C. The van der Waals surface area contributed by atoms with Gasteiger partial charge in [0.1, 0.15) is 5.75 Å². The summed E-state index contributed by atoms with van der Waals surface area (Å²) in [6.07, 6.45) is 2.96. The van der Waals surface area contributed by atoms with Crippen molar-refractivity contribution in [2.45, 2.75) is 13.3 Å². The Bertz CT molecular complexity index is 336. The molecule has 0 aliphatic heterocycles. The van der Waals surface area contributed by atoms with Gasteiger partial charge in [0.25, 0.3) is 0 Å². The van der Waals surface area contributed by atoms with Crippen LogP contribution in [-0.2, 0) is 0 Å². The number of hydrogen-bond donors (Lipinski definition) is 0. The summed E-state index contributed by atoms with van der Waals surface area (Å²) in [5.41, 5.74) is 2.24. The van der Waals surface area contributed by atoms with E-state index < -0.39 is 0 Å². The van der Waals surface area contributed by atoms with Gasteiger partial charge in [0, 0.05) is 18.1 Å². The molecule has 0 aliphatic carbocycles. The lowest BCUT2D eigenvalue weighted by Gasteiger charge is -2.04. The molecule has 0 unspecified atom stereocenters. The standard InChI is InChI=1S/C12H16BrNO/c1-10-4-5-11(8-12(10)15-2)9-14-7-3-6-13/h4-5,8-9H,3,6-7H2,1-2H3. The average molecular weight is 270 g/mol. The van der Waals surface area contributed by atoms with Gasteiger partial charge < -0.3 is 4.74 Å². The van der Waals surface area contributed by atoms with Crippen LogP contribution in [0.1, 0.15) is 17.5 Å². The predicted octanol–water partition coefficient (Wildman–Crippen LogP) is 3.21. The molecule has 3 heteroatoms. The minimum absolute atomic E-state index is 0.863. The Labute approximate surface area is 99.5 Å². The van der Waals surface area contributed by atoms with Crippen LogP contribution in [-0.4, -0.2) is 25.2 Å². The van der Waals surface area contributed by atoms with Gasteiger partial charge in [0.15, 0.2) is 0 Å². The summed E-state index contributed by atoms with van der Waals surface area (Å²) in [5, 5.41) is 1.00. The van der Waals surface area contributed by atoms with Gasteiger partial charge in [0.2, 0.25) is 0 Å². The van der Waals surface area contributed by atoms with Gasteiger partial charge in [-0.1, -0.05) is 28.1 Å². The molecule has 1 aromatic rings. The third-order valence-electron chi connectivity index (χ3n) is 2.09. The number of benzene rings is 1. The topological polar surface area (TPSA) is 21.6 Å². The molecule has 0 radical (unpaired) electrons. The van der Waals surface area contributed by atoms with E-state index in [4.69, 9.17) is 4.74 Å². The van der Waals surface area contributed by atoms with Gasteiger partial charge in [-0.15, -0.1) is 0 Å². The number of rotatable bonds is 5. The van der Waals surface area contributed by atoms with E-state index >= 15 is 0 Å². The molecule has 15 heavy (non-hydrogen) atoms. The number of methoxy groups -OCH3 is 1. The van der Waals surface area contributed by atoms with E-state index in [1.54, 1.807) is 7.11 Å². The highest BCUT2D eigenvalue weighted by Crippen LogP contribution is 2.17. The molecule has 0 amide bonds. The Morgan fingerprint density at radius 3 is 2.93 bits per heavy atom. The van der Waals surface area contributed by atoms with Crippen molar-refractivity contribution in [1.29, 1.82) is 0 Å². The maximum atomic E-state index is 5.24. The Morgan fingerprint density at radius 1 is 1.47 bits per heavy atom. The Kier molecular flexibility index (Phi) is 5.40. The van der Waals surface area contributed by atoms with Crippen molar-refractivity contribution in [2.75, 3.05) is 19.0 Å². The van der Waals surface area contributed by atoms with Crippen LogP contribution in [0.4, 0.5) is 0 Å². The third kappa shape index (κ3) is 4.04. The van der Waals surface area contributed by atoms with E-state index in [1.165, 1.54) is 0 Å². The molecule has 82 valence electrons. The molecule has 1 aromatic carbocycles. The molecular formula is C12H16BrNO. The minimum atomic E-state index is 0.863. The molecule has 0 aromatic heterocycles. The molecular weight excluding hydrogens is 254 g/mol. The van der Waals surface area contributed by atoms with Gasteiger partial charge >= 0.3 is 0 Å². The van der Waals surface area contributed by atoms with Gasteiger partial charge in [-0.2, -0.15) is 0 Å². The van der Waals surface area contributed by atoms with Crippen LogP contribution in [0.15, 0.2) is 23.2 Å². The van der Waals surface area contributed by atoms with Crippen LogP contribution in [0, 0.1) is 6.92 Å². The highest BCUT2D eigenvalue weighted by Gasteiger charge is 1.97. The van der Waals surface area contributed by atoms with Crippen molar-refractivity contribution in [3.8, 4) is 5.75 Å². The van der Waals surface area contributed by atoms with Crippen LogP contribution in [0.2, 0.25) is 0 Å². The summed E-state index contributed by atoms with van der Waals surface area (Å²) in [6.45, 7) is 2.89. The molecule has 0 saturated carbocycles. The summed E-state index contributed by atoms with van der Waals surface area (Å²) in [5.74, 6) is 0.916. The van der Waals surface area contributed by atoms with Crippen molar-refractivity contribution in [3.05, 3.63) is 29.3 Å². The smallest absolute Gasteiger partial charge is 0.122 e. The van der Waals surface area contributed by atoms with Crippen molar-refractivity contribution < 1.29 is 4.74 Å². The number of aliphatic imine (C=N–C) groups is 1. The van der Waals surface area contributed by atoms with E-state index in [2.05, 4.69) is 27.0 Å². The Hall–Kier alpha value is -0.830. The van der Waals surface area contributed by atoms with Gasteiger partial charge in [-0.25, -0.2) is 0 Å². The lowest BCUT2D eigenvalue weighted by molar-refractivity contribution is 0.411. The highest BCUT2D eigenvalue weighted by molar-refractivity contribution is 9.09. The molecule has 0 saturated heterocycles. The van der Waals surface area contributed by atoms with Crippen LogP contribution in [0.3, 0.4) is 0 Å². The second-order valence-corrected chi connectivity index (χ2v) is 4.10. The van der Waals surface area contributed by atoms with Crippen molar-refractivity contribution in [1.82, 2.24) is 0 Å². The van der Waals surface area contributed by atoms with Crippen LogP contribution in [0.25, 0.3) is 0 Å². The normalized spacial score (nSPS) is 10.9. The molecule has 2 nitrogen and oxygen atoms in total. The number of alkyl halides is 1. The summed E-state index contributed by atoms with van der Waals surface area (Å²) in [7, 11) is 1.69. The summed E-state index contributed by atoms with van der Waals surface area (Å²) < 4.78 is 5.24. The monoisotopic (exact) mass is 269 g/mol. The predicted molar refractivity (Wildman–Crippen MR) is 68.6 cm³/mol. The first kappa shape index (κ1) is 12.2. The van der Waals surface area contributed by atoms with Crippen LogP contribution >= 0.6 is 15.9 Å². The van der Waals surface area contributed by atoms with Crippen molar-refractivity contribution in [3.63, 3.8) is 0 Å². The Morgan fingerprint density at radius 2 is 2.27 bits per heavy atom. The fourth-order valence-electron chi connectivity index (χ4n) is 1.24. The average Bonchev–Trinajstić information content (AvgIpc) is 2.26. The van der Waals surface area contributed by atoms with E-state index in [-0.39, 0.29) is 0 Å². The number of hydrogen-bond acceptors (Lipinski definition) is 2. The zero-order valence-corrected chi connectivity index (χ0v) is 10.8. The third-order valence-corrected chi connectivity index (χ3v) is 2.65. The van der Waals surface area contributed by atoms with E-state index in [1.807, 2.05) is 25.3 Å². The molecule has 0 aliphatic rings. The molecule has 0 spiro atoms. The first-order chi connectivity index (χ1) is 7.27. The summed E-state index contributed by atoms with van der Waals surface area (Å²) in [4.78, 5) is 4.33. The maximum absolute atomic E-state index is 5.24. The molecule has 0 fully saturated rings. The first-order valence-corrected chi connectivity index (χ1v) is 6.10.